The van der Waals surface area contributed by atoms with Crippen LogP contribution >= 0.6 is 0 Å². The monoisotopic (exact) mass is 184 g/mol. The number of β-lactam (4-membered cyclic amide) rings is 1. The number of likely N-dealkylation sites (tertiary alicyclic amines) is 1. The Morgan fingerprint density at radius 2 is 2.31 bits per heavy atom. The van der Waals surface area contributed by atoms with Crippen LogP contribution in [0.25, 0.3) is 0 Å². The number of imide groups is 1. The summed E-state index contributed by atoms with van der Waals surface area (Å²) in [5.41, 5.74) is 4.97. The Morgan fingerprint density at radius 3 is 2.77 bits per heavy atom. The number of rotatable bonds is 4. The van der Waals surface area contributed by atoms with Gasteiger partial charge in [-0.15, -0.1) is 0 Å². The SMILES string of the molecule is CCCCCC1CN(C(N)=O)C1=O. The summed E-state index contributed by atoms with van der Waals surface area (Å²) in [7, 11) is 0. The zero-order valence-electron chi connectivity index (χ0n) is 7.95. The molecule has 4 nitrogen and oxygen atoms in total. The lowest BCUT2D eigenvalue weighted by atomic mass is 9.93. The molecule has 0 radical (unpaired) electrons. The first-order chi connectivity index (χ1) is 6.16. The molecular weight excluding hydrogens is 168 g/mol. The smallest absolute Gasteiger partial charge is 0.321 e. The fourth-order valence-electron chi connectivity index (χ4n) is 1.55. The van der Waals surface area contributed by atoms with Gasteiger partial charge in [0.25, 0.3) is 0 Å². The molecule has 1 aliphatic rings. The highest BCUT2D eigenvalue weighted by Gasteiger charge is 2.38. The van der Waals surface area contributed by atoms with Crippen LogP contribution in [0.1, 0.15) is 32.6 Å². The molecule has 1 heterocycles. The lowest BCUT2D eigenvalue weighted by Crippen LogP contribution is -2.57. The molecule has 1 aliphatic heterocycles. The number of primary amides is 1. The summed E-state index contributed by atoms with van der Waals surface area (Å²) in [6, 6.07) is -0.614. The van der Waals surface area contributed by atoms with E-state index in [0.29, 0.717) is 6.54 Å². The summed E-state index contributed by atoms with van der Waals surface area (Å²) in [6.07, 6.45) is 4.27. The predicted octanol–water partition coefficient (Wildman–Crippen LogP) is 1.10. The van der Waals surface area contributed by atoms with E-state index in [-0.39, 0.29) is 11.8 Å². The number of unbranched alkanes of at least 4 members (excludes halogenated alkanes) is 2. The fraction of sp³-hybridized carbons (Fsp3) is 0.778. The number of nitrogens with zero attached hydrogens (tertiary/aromatic N) is 1. The molecule has 1 atom stereocenters. The molecule has 0 aromatic heterocycles. The van der Waals surface area contributed by atoms with Crippen molar-refractivity contribution in [3.63, 3.8) is 0 Å². The van der Waals surface area contributed by atoms with Gasteiger partial charge in [-0.05, 0) is 6.42 Å². The fourth-order valence-corrected chi connectivity index (χ4v) is 1.55. The molecule has 13 heavy (non-hydrogen) atoms. The summed E-state index contributed by atoms with van der Waals surface area (Å²) in [6.45, 7) is 2.65. The minimum Gasteiger partial charge on any atom is -0.351 e. The van der Waals surface area contributed by atoms with E-state index in [0.717, 1.165) is 30.6 Å². The van der Waals surface area contributed by atoms with Crippen LogP contribution in [0.4, 0.5) is 4.79 Å². The third kappa shape index (κ3) is 2.20. The van der Waals surface area contributed by atoms with E-state index in [1.807, 2.05) is 0 Å². The summed E-state index contributed by atoms with van der Waals surface area (Å²) in [5, 5.41) is 0. The normalized spacial score (nSPS) is 21.5. The van der Waals surface area contributed by atoms with Crippen molar-refractivity contribution in [2.75, 3.05) is 6.54 Å². The third-order valence-electron chi connectivity index (χ3n) is 2.44. The lowest BCUT2D eigenvalue weighted by molar-refractivity contribution is -0.143. The molecule has 0 aromatic carbocycles. The van der Waals surface area contributed by atoms with Crippen molar-refractivity contribution in [1.82, 2.24) is 4.90 Å². The molecule has 74 valence electrons. The summed E-state index contributed by atoms with van der Waals surface area (Å²) in [5.74, 6) is -0.0392. The van der Waals surface area contributed by atoms with Crippen molar-refractivity contribution < 1.29 is 9.59 Å². The first-order valence-corrected chi connectivity index (χ1v) is 4.77. The Hall–Kier alpha value is -1.06. The van der Waals surface area contributed by atoms with Gasteiger partial charge in [-0.2, -0.15) is 0 Å². The Kier molecular flexibility index (Phi) is 3.28. The molecule has 2 N–H and O–H groups in total. The van der Waals surface area contributed by atoms with Crippen molar-refractivity contribution >= 4 is 11.9 Å². The van der Waals surface area contributed by atoms with Crippen LogP contribution < -0.4 is 5.73 Å². The Labute approximate surface area is 78.1 Å². The predicted molar refractivity (Wildman–Crippen MR) is 48.9 cm³/mol. The van der Waals surface area contributed by atoms with Gasteiger partial charge in [0.15, 0.2) is 0 Å². The zero-order valence-corrected chi connectivity index (χ0v) is 7.95. The van der Waals surface area contributed by atoms with Gasteiger partial charge in [-0.25, -0.2) is 4.79 Å². The molecule has 0 aliphatic carbocycles. The topological polar surface area (TPSA) is 63.4 Å². The number of carbonyl (C=O) groups is 2. The van der Waals surface area contributed by atoms with Gasteiger partial charge in [0.05, 0.1) is 5.92 Å². The highest BCUT2D eigenvalue weighted by molar-refractivity contribution is 5.99. The average molecular weight is 184 g/mol. The van der Waals surface area contributed by atoms with Crippen LogP contribution in [0.15, 0.2) is 0 Å². The Bertz CT molecular complexity index is 216. The zero-order chi connectivity index (χ0) is 9.84. The molecule has 1 saturated heterocycles. The van der Waals surface area contributed by atoms with Crippen LogP contribution in [-0.4, -0.2) is 23.4 Å². The standard InChI is InChI=1S/C9H16N2O2/c1-2-3-4-5-7-6-11(8(7)12)9(10)13/h7H,2-6H2,1H3,(H2,10,13). The van der Waals surface area contributed by atoms with Crippen LogP contribution in [0, 0.1) is 5.92 Å². The molecule has 3 amide bonds. The molecule has 1 rings (SSSR count). The maximum atomic E-state index is 11.2. The van der Waals surface area contributed by atoms with Gasteiger partial charge in [0.1, 0.15) is 0 Å². The third-order valence-corrected chi connectivity index (χ3v) is 2.44. The largest absolute Gasteiger partial charge is 0.351 e. The number of urea groups is 1. The summed E-state index contributed by atoms with van der Waals surface area (Å²) >= 11 is 0. The minimum atomic E-state index is -0.614. The van der Waals surface area contributed by atoms with E-state index in [9.17, 15) is 9.59 Å². The van der Waals surface area contributed by atoms with E-state index in [1.165, 1.54) is 0 Å². The summed E-state index contributed by atoms with van der Waals surface area (Å²) in [4.78, 5) is 22.9. The number of hydrogen-bond donors (Lipinski definition) is 1. The lowest BCUT2D eigenvalue weighted by Gasteiger charge is -2.35. The first-order valence-electron chi connectivity index (χ1n) is 4.77. The first kappa shape index (κ1) is 10.0. The number of carbonyl (C=O) groups excluding carboxylic acids is 2. The van der Waals surface area contributed by atoms with E-state index < -0.39 is 6.03 Å². The molecule has 0 saturated carbocycles. The van der Waals surface area contributed by atoms with Crippen molar-refractivity contribution in [2.45, 2.75) is 32.6 Å². The Balaban J connectivity index is 2.20. The van der Waals surface area contributed by atoms with Gasteiger partial charge in [-0.3, -0.25) is 9.69 Å². The van der Waals surface area contributed by atoms with Crippen LogP contribution in [0.2, 0.25) is 0 Å². The number of nitrogens with two attached hydrogens (primary N) is 1. The van der Waals surface area contributed by atoms with Crippen LogP contribution in [-0.2, 0) is 4.79 Å². The van der Waals surface area contributed by atoms with Crippen molar-refractivity contribution in [2.24, 2.45) is 11.7 Å². The second-order valence-corrected chi connectivity index (χ2v) is 3.48. The summed E-state index contributed by atoms with van der Waals surface area (Å²) < 4.78 is 0. The number of hydrogen-bond acceptors (Lipinski definition) is 2. The van der Waals surface area contributed by atoms with Gasteiger partial charge < -0.3 is 5.73 Å². The quantitative estimate of drug-likeness (QED) is 0.525. The minimum absolute atomic E-state index is 0.0547. The van der Waals surface area contributed by atoms with Gasteiger partial charge in [0, 0.05) is 6.54 Å². The molecule has 1 fully saturated rings. The van der Waals surface area contributed by atoms with Crippen LogP contribution in [0.5, 0.6) is 0 Å². The van der Waals surface area contributed by atoms with Crippen LogP contribution in [0.3, 0.4) is 0 Å². The maximum Gasteiger partial charge on any atom is 0.321 e. The van der Waals surface area contributed by atoms with E-state index in [4.69, 9.17) is 5.73 Å². The molecule has 0 spiro atoms. The highest BCUT2D eigenvalue weighted by Crippen LogP contribution is 2.22. The molecule has 1 unspecified atom stereocenters. The molecular formula is C9H16N2O2. The van der Waals surface area contributed by atoms with Gasteiger partial charge in [0.2, 0.25) is 5.91 Å². The van der Waals surface area contributed by atoms with E-state index >= 15 is 0 Å². The second-order valence-electron chi connectivity index (χ2n) is 3.48. The van der Waals surface area contributed by atoms with Gasteiger partial charge >= 0.3 is 6.03 Å². The van der Waals surface area contributed by atoms with Crippen molar-refractivity contribution in [3.8, 4) is 0 Å². The second kappa shape index (κ2) is 4.25. The molecule has 4 heteroatoms. The Morgan fingerprint density at radius 1 is 1.62 bits per heavy atom. The average Bonchev–Trinajstić information content (AvgIpc) is 2.08. The van der Waals surface area contributed by atoms with E-state index in [1.54, 1.807) is 0 Å². The van der Waals surface area contributed by atoms with Gasteiger partial charge in [-0.1, -0.05) is 26.2 Å². The number of amides is 3. The van der Waals surface area contributed by atoms with Crippen molar-refractivity contribution in [3.05, 3.63) is 0 Å². The molecule has 0 aromatic rings. The van der Waals surface area contributed by atoms with Crippen molar-refractivity contribution in [1.29, 1.82) is 0 Å². The highest BCUT2D eigenvalue weighted by atomic mass is 16.2. The van der Waals surface area contributed by atoms with E-state index in [2.05, 4.69) is 6.92 Å². The maximum absolute atomic E-state index is 11.2. The molecule has 0 bridgehead atoms.